The van der Waals surface area contributed by atoms with E-state index >= 15 is 0 Å². The van der Waals surface area contributed by atoms with Crippen LogP contribution in [0.25, 0.3) is 0 Å². The molecule has 25 heavy (non-hydrogen) atoms. The third-order valence-electron chi connectivity index (χ3n) is 3.11. The molecule has 0 rings (SSSR count). The van der Waals surface area contributed by atoms with Crippen LogP contribution in [0.3, 0.4) is 0 Å². The van der Waals surface area contributed by atoms with Gasteiger partial charge in [-0.05, 0) is 40.0 Å². The van der Waals surface area contributed by atoms with E-state index in [1.165, 1.54) is 0 Å². The summed E-state index contributed by atoms with van der Waals surface area (Å²) in [6.45, 7) is 14.4. The molecule has 0 fully saturated rings. The van der Waals surface area contributed by atoms with Crippen molar-refractivity contribution in [3.63, 3.8) is 0 Å². The van der Waals surface area contributed by atoms with E-state index in [1.54, 1.807) is 7.11 Å². The Bertz CT molecular complexity index is 385. The van der Waals surface area contributed by atoms with Crippen LogP contribution in [0.2, 0.25) is 0 Å². The number of nitrogens with one attached hydrogen (secondary N) is 3. The van der Waals surface area contributed by atoms with E-state index in [0.29, 0.717) is 13.2 Å². The van der Waals surface area contributed by atoms with Gasteiger partial charge in [0.05, 0.1) is 12.6 Å². The normalized spacial score (nSPS) is 13.0. The van der Waals surface area contributed by atoms with Gasteiger partial charge in [0.25, 0.3) is 0 Å². The second kappa shape index (κ2) is 14.4. The van der Waals surface area contributed by atoms with Gasteiger partial charge in [-0.2, -0.15) is 0 Å². The van der Waals surface area contributed by atoms with E-state index in [2.05, 4.69) is 34.8 Å². The summed E-state index contributed by atoms with van der Waals surface area (Å²) in [5, 5.41) is 9.36. The number of amides is 1. The summed E-state index contributed by atoms with van der Waals surface area (Å²) in [6, 6.07) is -0.0886. The summed E-state index contributed by atoms with van der Waals surface area (Å²) < 4.78 is 10.4. The lowest BCUT2D eigenvalue weighted by atomic mass is 10.1. The number of carbonyl (C=O) groups excluding carboxylic acids is 1. The van der Waals surface area contributed by atoms with Crippen molar-refractivity contribution >= 4 is 36.0 Å². The Morgan fingerprint density at radius 3 is 2.32 bits per heavy atom. The SMILES string of the molecule is CCNC(=NCC(NC(=O)OC(C)(C)C)C(C)C)NCCCOC.I. The zero-order valence-corrected chi connectivity index (χ0v) is 19.1. The maximum absolute atomic E-state index is 12.0. The number of nitrogens with zero attached hydrogens (tertiary/aromatic N) is 1. The molecule has 0 radical (unpaired) electrons. The van der Waals surface area contributed by atoms with Crippen LogP contribution in [0.4, 0.5) is 4.79 Å². The molecular weight excluding hydrogens is 435 g/mol. The molecule has 0 heterocycles. The molecule has 1 amide bonds. The van der Waals surface area contributed by atoms with E-state index in [4.69, 9.17) is 9.47 Å². The minimum atomic E-state index is -0.507. The topological polar surface area (TPSA) is 84.0 Å². The highest BCUT2D eigenvalue weighted by molar-refractivity contribution is 14.0. The van der Waals surface area contributed by atoms with Gasteiger partial charge in [-0.3, -0.25) is 4.99 Å². The van der Waals surface area contributed by atoms with Gasteiger partial charge in [0.1, 0.15) is 5.60 Å². The Labute approximate surface area is 170 Å². The van der Waals surface area contributed by atoms with E-state index < -0.39 is 11.7 Å². The lowest BCUT2D eigenvalue weighted by Crippen LogP contribution is -2.45. The number of rotatable bonds is 9. The second-order valence-electron chi connectivity index (χ2n) is 6.99. The molecule has 7 nitrogen and oxygen atoms in total. The van der Waals surface area contributed by atoms with Crippen LogP contribution >= 0.6 is 24.0 Å². The highest BCUT2D eigenvalue weighted by Crippen LogP contribution is 2.09. The first kappa shape index (κ1) is 26.5. The molecule has 0 aliphatic carbocycles. The largest absolute Gasteiger partial charge is 0.444 e. The molecule has 1 unspecified atom stereocenters. The number of carbonyl (C=O) groups is 1. The van der Waals surface area contributed by atoms with E-state index in [-0.39, 0.29) is 35.9 Å². The van der Waals surface area contributed by atoms with Crippen molar-refractivity contribution < 1.29 is 14.3 Å². The standard InChI is InChI=1S/C17H36N4O3.HI/c1-8-18-15(19-10-9-11-23-7)20-12-14(13(2)3)21-16(22)24-17(4,5)6;/h13-14H,8-12H2,1-7H3,(H,21,22)(H2,18,19,20);1H. The fraction of sp³-hybridized carbons (Fsp3) is 0.882. The Balaban J connectivity index is 0. The van der Waals surface area contributed by atoms with Gasteiger partial charge in [-0.15, -0.1) is 24.0 Å². The smallest absolute Gasteiger partial charge is 0.407 e. The van der Waals surface area contributed by atoms with Gasteiger partial charge >= 0.3 is 6.09 Å². The number of hydrogen-bond acceptors (Lipinski definition) is 4. The molecule has 0 saturated heterocycles. The number of aliphatic imine (C=N–C) groups is 1. The van der Waals surface area contributed by atoms with Crippen molar-refractivity contribution in [3.05, 3.63) is 0 Å². The second-order valence-corrected chi connectivity index (χ2v) is 6.99. The van der Waals surface area contributed by atoms with E-state index in [1.807, 2.05) is 27.7 Å². The van der Waals surface area contributed by atoms with Crippen molar-refractivity contribution in [3.8, 4) is 0 Å². The quantitative estimate of drug-likeness (QED) is 0.208. The number of halogens is 1. The average molecular weight is 472 g/mol. The predicted octanol–water partition coefficient (Wildman–Crippen LogP) is 2.75. The minimum Gasteiger partial charge on any atom is -0.444 e. The van der Waals surface area contributed by atoms with Crippen LogP contribution in [0.1, 0.15) is 48.0 Å². The molecule has 3 N–H and O–H groups in total. The molecule has 0 saturated carbocycles. The predicted molar refractivity (Wildman–Crippen MR) is 114 cm³/mol. The van der Waals surface area contributed by atoms with E-state index in [0.717, 1.165) is 25.5 Å². The molecule has 0 aromatic carbocycles. The lowest BCUT2D eigenvalue weighted by Gasteiger charge is -2.25. The summed E-state index contributed by atoms with van der Waals surface area (Å²) >= 11 is 0. The molecule has 0 aromatic heterocycles. The zero-order valence-electron chi connectivity index (χ0n) is 16.8. The zero-order chi connectivity index (χ0) is 18.6. The van der Waals surface area contributed by atoms with E-state index in [9.17, 15) is 4.79 Å². The van der Waals surface area contributed by atoms with Crippen LogP contribution in [0.15, 0.2) is 4.99 Å². The van der Waals surface area contributed by atoms with Crippen LogP contribution in [-0.2, 0) is 9.47 Å². The summed E-state index contributed by atoms with van der Waals surface area (Å²) in [7, 11) is 1.69. The van der Waals surface area contributed by atoms with Crippen LogP contribution < -0.4 is 16.0 Å². The van der Waals surface area contributed by atoms with Gasteiger partial charge in [-0.1, -0.05) is 13.8 Å². The molecule has 0 aliphatic heterocycles. The van der Waals surface area contributed by atoms with Gasteiger partial charge in [0, 0.05) is 26.8 Å². The minimum absolute atomic E-state index is 0. The third kappa shape index (κ3) is 15.2. The first-order chi connectivity index (χ1) is 11.2. The fourth-order valence-corrected chi connectivity index (χ4v) is 1.84. The average Bonchev–Trinajstić information content (AvgIpc) is 2.45. The number of hydrogen-bond donors (Lipinski definition) is 3. The van der Waals surface area contributed by atoms with Crippen LogP contribution in [0.5, 0.6) is 0 Å². The number of methoxy groups -OCH3 is 1. The highest BCUT2D eigenvalue weighted by atomic mass is 127. The van der Waals surface area contributed by atoms with Gasteiger partial charge in [0.15, 0.2) is 5.96 Å². The molecule has 0 aliphatic rings. The van der Waals surface area contributed by atoms with Crippen molar-refractivity contribution in [1.29, 1.82) is 0 Å². The Morgan fingerprint density at radius 2 is 1.84 bits per heavy atom. The first-order valence-corrected chi connectivity index (χ1v) is 8.70. The molecule has 0 spiro atoms. The molecular formula is C17H37IN4O3. The first-order valence-electron chi connectivity index (χ1n) is 8.70. The van der Waals surface area contributed by atoms with Gasteiger partial charge in [-0.25, -0.2) is 4.79 Å². The summed E-state index contributed by atoms with van der Waals surface area (Å²) in [5.41, 5.74) is -0.507. The van der Waals surface area contributed by atoms with Gasteiger partial charge < -0.3 is 25.4 Å². The van der Waals surface area contributed by atoms with Gasteiger partial charge in [0.2, 0.25) is 0 Å². The fourth-order valence-electron chi connectivity index (χ4n) is 1.84. The summed E-state index contributed by atoms with van der Waals surface area (Å²) in [5.74, 6) is 0.989. The lowest BCUT2D eigenvalue weighted by molar-refractivity contribution is 0.0493. The number of guanidine groups is 1. The number of alkyl carbamates (subject to hydrolysis) is 1. The Kier molecular flexibility index (Phi) is 15.2. The van der Waals surface area contributed by atoms with Crippen LogP contribution in [-0.4, -0.2) is 57.0 Å². The summed E-state index contributed by atoms with van der Waals surface area (Å²) in [6.07, 6.45) is 0.500. The highest BCUT2D eigenvalue weighted by Gasteiger charge is 2.21. The molecule has 0 aromatic rings. The number of ether oxygens (including phenoxy) is 2. The maximum Gasteiger partial charge on any atom is 0.407 e. The Hall–Kier alpha value is -0.770. The molecule has 8 heteroatoms. The van der Waals surface area contributed by atoms with Crippen LogP contribution in [0, 0.1) is 5.92 Å². The summed E-state index contributed by atoms with van der Waals surface area (Å²) in [4.78, 5) is 16.5. The van der Waals surface area contributed by atoms with Crippen molar-refractivity contribution in [2.75, 3.05) is 33.4 Å². The monoisotopic (exact) mass is 472 g/mol. The molecule has 150 valence electrons. The Morgan fingerprint density at radius 1 is 1.20 bits per heavy atom. The van der Waals surface area contributed by atoms with Crippen molar-refractivity contribution in [2.24, 2.45) is 10.9 Å². The van der Waals surface area contributed by atoms with Crippen molar-refractivity contribution in [2.45, 2.75) is 59.6 Å². The third-order valence-corrected chi connectivity index (χ3v) is 3.11. The van der Waals surface area contributed by atoms with Crippen molar-refractivity contribution in [1.82, 2.24) is 16.0 Å². The molecule has 0 bridgehead atoms. The maximum atomic E-state index is 12.0. The molecule has 1 atom stereocenters.